The molecule has 0 aliphatic carbocycles. The maximum Gasteiger partial charge on any atom is 0.243 e. The number of carbonyl (C=O) groups excluding carboxylic acids is 1. The molecule has 0 spiro atoms. The molecular formula is C15H16N4O3. The van der Waals surface area contributed by atoms with Crippen molar-refractivity contribution in [2.45, 2.75) is 19.0 Å². The van der Waals surface area contributed by atoms with Crippen molar-refractivity contribution in [1.29, 1.82) is 0 Å². The Morgan fingerprint density at radius 2 is 2.27 bits per heavy atom. The summed E-state index contributed by atoms with van der Waals surface area (Å²) in [6.45, 7) is 1.45. The molecule has 0 radical (unpaired) electrons. The Balaban J connectivity index is 1.43. The Morgan fingerprint density at radius 1 is 1.36 bits per heavy atom. The van der Waals surface area contributed by atoms with Gasteiger partial charge in [-0.1, -0.05) is 6.07 Å². The molecule has 0 saturated heterocycles. The molecule has 2 aromatic rings. The van der Waals surface area contributed by atoms with E-state index in [0.29, 0.717) is 6.54 Å². The number of ether oxygens (including phenoxy) is 2. The lowest BCUT2D eigenvalue weighted by molar-refractivity contribution is -0.123. The van der Waals surface area contributed by atoms with Crippen molar-refractivity contribution in [3.63, 3.8) is 0 Å². The molecule has 0 saturated carbocycles. The SMILES string of the molecule is O=C(NCc1ccc2c(c1)OCO2)[C@@H]1NCCc2[nH]cnc21. The predicted molar refractivity (Wildman–Crippen MR) is 77.4 cm³/mol. The van der Waals surface area contributed by atoms with Crippen LogP contribution in [0.1, 0.15) is 23.0 Å². The van der Waals surface area contributed by atoms with E-state index >= 15 is 0 Å². The second-order valence-corrected chi connectivity index (χ2v) is 5.31. The number of amides is 1. The summed E-state index contributed by atoms with van der Waals surface area (Å²) in [6, 6.07) is 5.26. The first-order valence-electron chi connectivity index (χ1n) is 7.23. The molecule has 1 atom stereocenters. The summed E-state index contributed by atoms with van der Waals surface area (Å²) in [5.74, 6) is 1.38. The van der Waals surface area contributed by atoms with Crippen LogP contribution in [0.25, 0.3) is 0 Å². The molecule has 1 amide bonds. The number of H-pyrrole nitrogens is 1. The van der Waals surface area contributed by atoms with Gasteiger partial charge in [-0.2, -0.15) is 0 Å². The van der Waals surface area contributed by atoms with Gasteiger partial charge in [0.15, 0.2) is 11.5 Å². The Bertz CT molecular complexity index is 713. The molecule has 114 valence electrons. The monoisotopic (exact) mass is 300 g/mol. The van der Waals surface area contributed by atoms with E-state index in [1.165, 1.54) is 0 Å². The fourth-order valence-electron chi connectivity index (χ4n) is 2.78. The summed E-state index contributed by atoms with van der Waals surface area (Å²) in [4.78, 5) is 19.7. The molecule has 4 rings (SSSR count). The third kappa shape index (κ3) is 2.29. The van der Waals surface area contributed by atoms with Crippen LogP contribution < -0.4 is 20.1 Å². The van der Waals surface area contributed by atoms with Crippen molar-refractivity contribution in [1.82, 2.24) is 20.6 Å². The highest BCUT2D eigenvalue weighted by atomic mass is 16.7. The van der Waals surface area contributed by atoms with Crippen molar-refractivity contribution >= 4 is 5.91 Å². The van der Waals surface area contributed by atoms with Crippen LogP contribution in [0.3, 0.4) is 0 Å². The van der Waals surface area contributed by atoms with Gasteiger partial charge >= 0.3 is 0 Å². The van der Waals surface area contributed by atoms with Crippen molar-refractivity contribution in [3.05, 3.63) is 41.5 Å². The first-order chi connectivity index (χ1) is 10.8. The van der Waals surface area contributed by atoms with Gasteiger partial charge in [0.05, 0.1) is 12.0 Å². The number of aromatic amines is 1. The van der Waals surface area contributed by atoms with Gasteiger partial charge < -0.3 is 25.1 Å². The van der Waals surface area contributed by atoms with Crippen LogP contribution in [0.4, 0.5) is 0 Å². The minimum atomic E-state index is -0.399. The summed E-state index contributed by atoms with van der Waals surface area (Å²) in [7, 11) is 0. The van der Waals surface area contributed by atoms with E-state index in [1.807, 2.05) is 18.2 Å². The number of aromatic nitrogens is 2. The van der Waals surface area contributed by atoms with Crippen LogP contribution in [0.5, 0.6) is 11.5 Å². The fraction of sp³-hybridized carbons (Fsp3) is 0.333. The smallest absolute Gasteiger partial charge is 0.243 e. The average molecular weight is 300 g/mol. The number of carbonyl (C=O) groups is 1. The zero-order valence-corrected chi connectivity index (χ0v) is 11.9. The maximum atomic E-state index is 12.4. The summed E-state index contributed by atoms with van der Waals surface area (Å²) in [5, 5.41) is 6.14. The van der Waals surface area contributed by atoms with Gasteiger partial charge in [0.2, 0.25) is 12.7 Å². The molecule has 1 aromatic carbocycles. The van der Waals surface area contributed by atoms with Gasteiger partial charge in [-0.15, -0.1) is 0 Å². The molecule has 1 aromatic heterocycles. The highest BCUT2D eigenvalue weighted by Gasteiger charge is 2.28. The first kappa shape index (κ1) is 13.1. The van der Waals surface area contributed by atoms with E-state index in [2.05, 4.69) is 20.6 Å². The number of nitrogens with one attached hydrogen (secondary N) is 3. The summed E-state index contributed by atoms with van der Waals surface area (Å²) in [6.07, 6.45) is 2.50. The van der Waals surface area contributed by atoms with Crippen molar-refractivity contribution in [2.24, 2.45) is 0 Å². The highest BCUT2D eigenvalue weighted by Crippen LogP contribution is 2.32. The van der Waals surface area contributed by atoms with Crippen molar-refractivity contribution in [2.75, 3.05) is 13.3 Å². The zero-order chi connectivity index (χ0) is 14.9. The number of hydrogen-bond donors (Lipinski definition) is 3. The number of fused-ring (bicyclic) bond motifs is 2. The Kier molecular flexibility index (Phi) is 3.19. The van der Waals surface area contributed by atoms with Gasteiger partial charge in [0.25, 0.3) is 0 Å². The van der Waals surface area contributed by atoms with E-state index in [-0.39, 0.29) is 12.7 Å². The number of hydrogen-bond acceptors (Lipinski definition) is 5. The predicted octanol–water partition coefficient (Wildman–Crippen LogP) is 0.642. The van der Waals surface area contributed by atoms with Gasteiger partial charge in [-0.05, 0) is 17.7 Å². The molecule has 3 N–H and O–H groups in total. The van der Waals surface area contributed by atoms with Crippen molar-refractivity contribution in [3.8, 4) is 11.5 Å². The fourth-order valence-corrected chi connectivity index (χ4v) is 2.78. The quantitative estimate of drug-likeness (QED) is 0.774. The van der Waals surface area contributed by atoms with Crippen LogP contribution in [0, 0.1) is 0 Å². The largest absolute Gasteiger partial charge is 0.454 e. The molecule has 0 unspecified atom stereocenters. The third-order valence-corrected chi connectivity index (χ3v) is 3.91. The lowest BCUT2D eigenvalue weighted by Gasteiger charge is -2.22. The third-order valence-electron chi connectivity index (χ3n) is 3.91. The second kappa shape index (κ2) is 5.34. The van der Waals surface area contributed by atoms with Gasteiger partial charge in [-0.3, -0.25) is 4.79 Å². The molecule has 22 heavy (non-hydrogen) atoms. The molecule has 2 aliphatic rings. The Morgan fingerprint density at radius 3 is 3.23 bits per heavy atom. The van der Waals surface area contributed by atoms with Gasteiger partial charge in [-0.25, -0.2) is 4.98 Å². The number of rotatable bonds is 3. The number of imidazole rings is 1. The maximum absolute atomic E-state index is 12.4. The summed E-state index contributed by atoms with van der Waals surface area (Å²) < 4.78 is 10.6. The number of nitrogens with zero attached hydrogens (tertiary/aromatic N) is 1. The van der Waals surface area contributed by atoms with E-state index in [1.54, 1.807) is 6.33 Å². The molecule has 7 heteroatoms. The van der Waals surface area contributed by atoms with Crippen LogP contribution in [-0.2, 0) is 17.8 Å². The summed E-state index contributed by atoms with van der Waals surface area (Å²) >= 11 is 0. The molecule has 0 bridgehead atoms. The van der Waals surface area contributed by atoms with E-state index in [4.69, 9.17) is 9.47 Å². The van der Waals surface area contributed by atoms with E-state index in [9.17, 15) is 4.79 Å². The molecular weight excluding hydrogens is 284 g/mol. The molecule has 7 nitrogen and oxygen atoms in total. The van der Waals surface area contributed by atoms with Gasteiger partial charge in [0.1, 0.15) is 6.04 Å². The Labute approximate surface area is 127 Å². The second-order valence-electron chi connectivity index (χ2n) is 5.31. The van der Waals surface area contributed by atoms with Crippen LogP contribution in [-0.4, -0.2) is 29.2 Å². The highest BCUT2D eigenvalue weighted by molar-refractivity contribution is 5.83. The lowest BCUT2D eigenvalue weighted by atomic mass is 10.0. The zero-order valence-electron chi connectivity index (χ0n) is 11.9. The van der Waals surface area contributed by atoms with Gasteiger partial charge in [0, 0.05) is 25.2 Å². The molecule has 3 heterocycles. The Hall–Kier alpha value is -2.54. The topological polar surface area (TPSA) is 88.3 Å². The van der Waals surface area contributed by atoms with Crippen LogP contribution in [0.2, 0.25) is 0 Å². The lowest BCUT2D eigenvalue weighted by Crippen LogP contribution is -2.41. The van der Waals surface area contributed by atoms with Crippen LogP contribution >= 0.6 is 0 Å². The first-order valence-corrected chi connectivity index (χ1v) is 7.23. The van der Waals surface area contributed by atoms with E-state index in [0.717, 1.165) is 41.4 Å². The molecule has 0 fully saturated rings. The summed E-state index contributed by atoms with van der Waals surface area (Å²) in [5.41, 5.74) is 2.78. The van der Waals surface area contributed by atoms with Crippen molar-refractivity contribution < 1.29 is 14.3 Å². The molecule has 2 aliphatic heterocycles. The van der Waals surface area contributed by atoms with E-state index < -0.39 is 6.04 Å². The minimum absolute atomic E-state index is 0.0780. The number of benzene rings is 1. The minimum Gasteiger partial charge on any atom is -0.454 e. The van der Waals surface area contributed by atoms with Crippen LogP contribution in [0.15, 0.2) is 24.5 Å². The standard InChI is InChI=1S/C15H16N4O3/c20-15(14-13-10(3-4-16-14)18-7-19-13)17-6-9-1-2-11-12(5-9)22-8-21-11/h1-2,5,7,14,16H,3-4,6,8H2,(H,17,20)(H,18,19)/t14-/m1/s1. The average Bonchev–Trinajstić information content (AvgIpc) is 3.20. The normalized spacial score (nSPS) is 18.8.